The number of carbonyl (C=O) groups is 1. The Kier molecular flexibility index (Phi) is 2.48. The van der Waals surface area contributed by atoms with E-state index in [0.717, 1.165) is 30.3 Å². The predicted molar refractivity (Wildman–Crippen MR) is 68.3 cm³/mol. The van der Waals surface area contributed by atoms with Crippen LogP contribution in [0.2, 0.25) is 0 Å². The molecule has 0 bridgehead atoms. The zero-order valence-electron chi connectivity index (χ0n) is 9.78. The second-order valence-electron chi connectivity index (χ2n) is 4.56. The van der Waals surface area contributed by atoms with Gasteiger partial charge in [-0.1, -0.05) is 18.2 Å². The van der Waals surface area contributed by atoms with Crippen LogP contribution in [0.4, 0.5) is 0 Å². The van der Waals surface area contributed by atoms with Gasteiger partial charge in [0.1, 0.15) is 0 Å². The molecule has 1 aromatic carbocycles. The lowest BCUT2D eigenvalue weighted by molar-refractivity contribution is 0.0986. The molecule has 0 atom stereocenters. The third kappa shape index (κ3) is 1.50. The smallest absolute Gasteiger partial charge is 0.166 e. The molecule has 88 valence electrons. The molecule has 1 aliphatic rings. The third-order valence-corrected chi connectivity index (χ3v) is 3.52. The first-order valence-electron chi connectivity index (χ1n) is 6.16. The average Bonchev–Trinajstić information content (AvgIpc) is 2.88. The maximum Gasteiger partial charge on any atom is 0.166 e. The Bertz CT molecular complexity index is 583. The first-order chi connectivity index (χ1) is 8.33. The number of benzene rings is 1. The molecule has 2 aromatic rings. The van der Waals surface area contributed by atoms with Gasteiger partial charge < -0.3 is 10.3 Å². The van der Waals surface area contributed by atoms with Gasteiger partial charge in [-0.2, -0.15) is 0 Å². The molecule has 3 rings (SSSR count). The topological polar surface area (TPSA) is 48.0 Å². The van der Waals surface area contributed by atoms with Crippen molar-refractivity contribution >= 4 is 16.7 Å². The lowest BCUT2D eigenvalue weighted by Crippen LogP contribution is -2.09. The zero-order valence-corrected chi connectivity index (χ0v) is 9.78. The molecule has 0 aliphatic carbocycles. The summed E-state index contributed by atoms with van der Waals surface area (Å²) in [6.07, 6.45) is 2.60. The maximum absolute atomic E-state index is 12.2. The molecular formula is C14H16N2O. The summed E-state index contributed by atoms with van der Waals surface area (Å²) in [4.78, 5) is 12.2. The molecule has 17 heavy (non-hydrogen) atoms. The second-order valence-corrected chi connectivity index (χ2v) is 4.56. The highest BCUT2D eigenvalue weighted by Crippen LogP contribution is 2.31. The number of aromatic nitrogens is 1. The standard InChI is InChI=1S/C14H16N2O/c15-8-7-13(17)14-10-4-1-2-5-11(10)16-9-3-6-12(14)16/h1-2,4-5H,3,6-9,15H2. The van der Waals surface area contributed by atoms with Crippen molar-refractivity contribution in [3.63, 3.8) is 0 Å². The molecule has 2 heterocycles. The van der Waals surface area contributed by atoms with E-state index in [1.54, 1.807) is 0 Å². The summed E-state index contributed by atoms with van der Waals surface area (Å²) in [6.45, 7) is 1.46. The van der Waals surface area contributed by atoms with E-state index in [9.17, 15) is 4.79 Å². The van der Waals surface area contributed by atoms with E-state index < -0.39 is 0 Å². The van der Waals surface area contributed by atoms with Gasteiger partial charge in [0.15, 0.2) is 5.78 Å². The van der Waals surface area contributed by atoms with Crippen LogP contribution in [-0.4, -0.2) is 16.9 Å². The fourth-order valence-electron chi connectivity index (χ4n) is 2.84. The number of aryl methyl sites for hydroxylation is 1. The molecule has 0 spiro atoms. The Morgan fingerprint density at radius 3 is 3.00 bits per heavy atom. The highest BCUT2D eigenvalue weighted by atomic mass is 16.1. The number of nitrogens with two attached hydrogens (primary N) is 1. The van der Waals surface area contributed by atoms with Crippen molar-refractivity contribution in [1.82, 2.24) is 4.57 Å². The Morgan fingerprint density at radius 2 is 2.18 bits per heavy atom. The number of hydrogen-bond acceptors (Lipinski definition) is 2. The summed E-state index contributed by atoms with van der Waals surface area (Å²) >= 11 is 0. The molecule has 0 amide bonds. The van der Waals surface area contributed by atoms with Gasteiger partial charge in [0.2, 0.25) is 0 Å². The fourth-order valence-corrected chi connectivity index (χ4v) is 2.84. The van der Waals surface area contributed by atoms with Crippen LogP contribution in [0, 0.1) is 0 Å². The van der Waals surface area contributed by atoms with E-state index in [2.05, 4.69) is 10.6 Å². The summed E-state index contributed by atoms with van der Waals surface area (Å²) in [6, 6.07) is 8.18. The van der Waals surface area contributed by atoms with Crippen molar-refractivity contribution in [2.45, 2.75) is 25.8 Å². The molecule has 0 saturated carbocycles. The van der Waals surface area contributed by atoms with Gasteiger partial charge in [0.25, 0.3) is 0 Å². The highest BCUT2D eigenvalue weighted by Gasteiger charge is 2.24. The van der Waals surface area contributed by atoms with Crippen LogP contribution in [0.1, 0.15) is 28.9 Å². The van der Waals surface area contributed by atoms with Gasteiger partial charge in [0, 0.05) is 35.1 Å². The van der Waals surface area contributed by atoms with Crippen LogP contribution in [0.3, 0.4) is 0 Å². The van der Waals surface area contributed by atoms with Crippen LogP contribution < -0.4 is 5.73 Å². The number of fused-ring (bicyclic) bond motifs is 3. The van der Waals surface area contributed by atoms with Gasteiger partial charge >= 0.3 is 0 Å². The van der Waals surface area contributed by atoms with Crippen molar-refractivity contribution in [1.29, 1.82) is 0 Å². The first-order valence-corrected chi connectivity index (χ1v) is 6.16. The molecule has 0 unspecified atom stereocenters. The van der Waals surface area contributed by atoms with Crippen molar-refractivity contribution in [2.75, 3.05) is 6.54 Å². The molecule has 2 N–H and O–H groups in total. The molecule has 0 fully saturated rings. The Hall–Kier alpha value is -1.61. The molecular weight excluding hydrogens is 212 g/mol. The Morgan fingerprint density at radius 1 is 1.35 bits per heavy atom. The van der Waals surface area contributed by atoms with Gasteiger partial charge in [-0.3, -0.25) is 4.79 Å². The molecule has 0 saturated heterocycles. The number of nitrogens with zero attached hydrogens (tertiary/aromatic N) is 1. The van der Waals surface area contributed by atoms with E-state index in [-0.39, 0.29) is 5.78 Å². The normalized spacial score (nSPS) is 14.2. The van der Waals surface area contributed by atoms with Crippen LogP contribution in [-0.2, 0) is 13.0 Å². The fraction of sp³-hybridized carbons (Fsp3) is 0.357. The minimum absolute atomic E-state index is 0.194. The molecule has 3 nitrogen and oxygen atoms in total. The quantitative estimate of drug-likeness (QED) is 0.818. The highest BCUT2D eigenvalue weighted by molar-refractivity contribution is 6.09. The predicted octanol–water partition coefficient (Wildman–Crippen LogP) is 2.12. The van der Waals surface area contributed by atoms with Crippen molar-refractivity contribution in [3.8, 4) is 0 Å². The second kappa shape index (κ2) is 4.00. The number of hydrogen-bond donors (Lipinski definition) is 1. The van der Waals surface area contributed by atoms with E-state index in [1.807, 2.05) is 18.2 Å². The largest absolute Gasteiger partial charge is 0.344 e. The number of rotatable bonds is 3. The zero-order chi connectivity index (χ0) is 11.8. The first kappa shape index (κ1) is 10.5. The number of ketones is 1. The summed E-state index contributed by atoms with van der Waals surface area (Å²) in [5.74, 6) is 0.194. The summed E-state index contributed by atoms with van der Waals surface area (Å²) in [7, 11) is 0. The van der Waals surface area contributed by atoms with Gasteiger partial charge in [-0.15, -0.1) is 0 Å². The van der Waals surface area contributed by atoms with Crippen LogP contribution in [0.5, 0.6) is 0 Å². The maximum atomic E-state index is 12.2. The molecule has 0 radical (unpaired) electrons. The third-order valence-electron chi connectivity index (χ3n) is 3.52. The lowest BCUT2D eigenvalue weighted by Gasteiger charge is -2.00. The monoisotopic (exact) mass is 228 g/mol. The van der Waals surface area contributed by atoms with Gasteiger partial charge in [-0.05, 0) is 25.5 Å². The summed E-state index contributed by atoms with van der Waals surface area (Å²) in [5.41, 5.74) is 8.82. The minimum Gasteiger partial charge on any atom is -0.344 e. The summed E-state index contributed by atoms with van der Waals surface area (Å²) < 4.78 is 2.29. The van der Waals surface area contributed by atoms with Crippen molar-refractivity contribution in [2.24, 2.45) is 5.73 Å². The van der Waals surface area contributed by atoms with Crippen molar-refractivity contribution in [3.05, 3.63) is 35.5 Å². The molecule has 1 aromatic heterocycles. The molecule has 1 aliphatic heterocycles. The number of carbonyl (C=O) groups excluding carboxylic acids is 1. The van der Waals surface area contributed by atoms with Crippen LogP contribution in [0.15, 0.2) is 24.3 Å². The van der Waals surface area contributed by atoms with E-state index in [1.165, 1.54) is 11.2 Å². The van der Waals surface area contributed by atoms with E-state index >= 15 is 0 Å². The lowest BCUT2D eigenvalue weighted by atomic mass is 10.0. The summed E-state index contributed by atoms with van der Waals surface area (Å²) in [5, 5.41) is 1.10. The average molecular weight is 228 g/mol. The van der Waals surface area contributed by atoms with E-state index in [0.29, 0.717) is 13.0 Å². The van der Waals surface area contributed by atoms with Crippen LogP contribution >= 0.6 is 0 Å². The van der Waals surface area contributed by atoms with Gasteiger partial charge in [-0.25, -0.2) is 0 Å². The SMILES string of the molecule is NCCC(=O)c1c2n(c3ccccc13)CCC2. The van der Waals surface area contributed by atoms with E-state index in [4.69, 9.17) is 5.73 Å². The van der Waals surface area contributed by atoms with Crippen molar-refractivity contribution < 1.29 is 4.79 Å². The Balaban J connectivity index is 2.26. The molecule has 3 heteroatoms. The van der Waals surface area contributed by atoms with Crippen LogP contribution in [0.25, 0.3) is 10.9 Å². The number of para-hydroxylation sites is 1. The Labute approximate surface area is 100 Å². The number of Topliss-reactive ketones (excluding diaryl/α,β-unsaturated/α-hetero) is 1. The minimum atomic E-state index is 0.194. The van der Waals surface area contributed by atoms with Gasteiger partial charge in [0.05, 0.1) is 0 Å².